The zero-order valence-corrected chi connectivity index (χ0v) is 15.7. The van der Waals surface area contributed by atoms with E-state index in [1.54, 1.807) is 6.92 Å². The van der Waals surface area contributed by atoms with Gasteiger partial charge in [0.05, 0.1) is 22.3 Å². The van der Waals surface area contributed by atoms with E-state index in [-0.39, 0.29) is 17.8 Å². The molecule has 2 atom stereocenters. The minimum atomic E-state index is -0.404. The molecule has 0 amide bonds. The summed E-state index contributed by atoms with van der Waals surface area (Å²) in [5.74, 6) is 1.16. The molecule has 25 heavy (non-hydrogen) atoms. The molecule has 1 aromatic carbocycles. The maximum Gasteiger partial charge on any atom is 0.170 e. The molecule has 1 saturated heterocycles. The molecule has 2 unspecified atom stereocenters. The molecule has 5 nitrogen and oxygen atoms in total. The van der Waals surface area contributed by atoms with Crippen LogP contribution in [0.2, 0.25) is 5.02 Å². The van der Waals surface area contributed by atoms with Crippen molar-refractivity contribution in [3.63, 3.8) is 0 Å². The van der Waals surface area contributed by atoms with Gasteiger partial charge in [0.2, 0.25) is 0 Å². The Hall–Kier alpha value is -1.79. The van der Waals surface area contributed by atoms with E-state index in [4.69, 9.17) is 21.3 Å². The van der Waals surface area contributed by atoms with E-state index in [1.807, 2.05) is 11.9 Å². The number of benzene rings is 1. The predicted molar refractivity (Wildman–Crippen MR) is 98.3 cm³/mol. The van der Waals surface area contributed by atoms with E-state index < -0.39 is 5.82 Å². The summed E-state index contributed by atoms with van der Waals surface area (Å²) in [5, 5.41) is 0.385. The number of amidine groups is 1. The standard InChI is InChI=1S/C18H22ClFN4O/c1-9-6-22(4)7-12-8-25-17-13-16(14(19)10(2)15(17)20)23(5)11(3)21-18(13)24(9)12/h9,12H,3,6-8H2,1-2,4-5H3. The lowest BCUT2D eigenvalue weighted by atomic mass is 10.0. The quantitative estimate of drug-likeness (QED) is 0.708. The molecule has 0 bridgehead atoms. The number of halogens is 2. The molecular formula is C18H22ClFN4O. The maximum atomic E-state index is 15.0. The summed E-state index contributed by atoms with van der Waals surface area (Å²) in [6.45, 7) is 10.0. The molecule has 1 fully saturated rings. The first kappa shape index (κ1) is 16.7. The molecule has 0 radical (unpaired) electrons. The monoisotopic (exact) mass is 364 g/mol. The predicted octanol–water partition coefficient (Wildman–Crippen LogP) is 2.85. The van der Waals surface area contributed by atoms with Crippen molar-refractivity contribution in [2.75, 3.05) is 38.7 Å². The minimum Gasteiger partial charge on any atom is -0.487 e. The van der Waals surface area contributed by atoms with E-state index in [1.165, 1.54) is 0 Å². The molecule has 3 heterocycles. The van der Waals surface area contributed by atoms with Gasteiger partial charge in [0.25, 0.3) is 0 Å². The topological polar surface area (TPSA) is 31.3 Å². The Bertz CT molecular complexity index is 809. The highest BCUT2D eigenvalue weighted by molar-refractivity contribution is 6.35. The van der Waals surface area contributed by atoms with E-state index in [0.717, 1.165) is 24.6 Å². The molecule has 0 saturated carbocycles. The summed E-state index contributed by atoms with van der Waals surface area (Å²) in [6, 6.07) is 0.326. The highest BCUT2D eigenvalue weighted by Crippen LogP contribution is 2.46. The second kappa shape index (κ2) is 5.61. The van der Waals surface area contributed by atoms with Gasteiger partial charge in [-0.3, -0.25) is 0 Å². The lowest BCUT2D eigenvalue weighted by Crippen LogP contribution is -2.60. The van der Waals surface area contributed by atoms with Crippen molar-refractivity contribution in [3.05, 3.63) is 34.4 Å². The fourth-order valence-electron chi connectivity index (χ4n) is 4.11. The summed E-state index contributed by atoms with van der Waals surface area (Å²) in [5.41, 5.74) is 1.75. The number of hydrogen-bond acceptors (Lipinski definition) is 5. The summed E-state index contributed by atoms with van der Waals surface area (Å²) in [6.07, 6.45) is 0. The van der Waals surface area contributed by atoms with Crippen LogP contribution in [0, 0.1) is 12.7 Å². The third-order valence-electron chi connectivity index (χ3n) is 5.34. The molecule has 1 aromatic rings. The van der Waals surface area contributed by atoms with Crippen molar-refractivity contribution in [3.8, 4) is 5.75 Å². The molecule has 0 spiro atoms. The van der Waals surface area contributed by atoms with Gasteiger partial charge >= 0.3 is 0 Å². The van der Waals surface area contributed by atoms with Crippen molar-refractivity contribution in [2.45, 2.75) is 25.9 Å². The van der Waals surface area contributed by atoms with Crippen molar-refractivity contribution in [1.82, 2.24) is 9.80 Å². The molecule has 3 aliphatic rings. The summed E-state index contributed by atoms with van der Waals surface area (Å²) < 4.78 is 21.0. The summed E-state index contributed by atoms with van der Waals surface area (Å²) in [4.78, 5) is 11.0. The van der Waals surface area contributed by atoms with Crippen molar-refractivity contribution < 1.29 is 9.13 Å². The second-order valence-electron chi connectivity index (χ2n) is 7.16. The normalized spacial score (nSPS) is 25.8. The molecule has 0 aliphatic carbocycles. The van der Waals surface area contributed by atoms with Crippen LogP contribution < -0.4 is 9.64 Å². The Kier molecular flexibility index (Phi) is 3.74. The molecule has 4 rings (SSSR count). The second-order valence-corrected chi connectivity index (χ2v) is 7.54. The molecular weight excluding hydrogens is 343 g/mol. The van der Waals surface area contributed by atoms with Gasteiger partial charge < -0.3 is 19.4 Å². The number of piperazine rings is 1. The largest absolute Gasteiger partial charge is 0.487 e. The van der Waals surface area contributed by atoms with Crippen molar-refractivity contribution in [1.29, 1.82) is 0 Å². The van der Waals surface area contributed by atoms with Crippen molar-refractivity contribution in [2.24, 2.45) is 4.99 Å². The molecule has 3 aliphatic heterocycles. The Balaban J connectivity index is 2.00. The molecule has 134 valence electrons. The molecule has 0 aromatic heterocycles. The van der Waals surface area contributed by atoms with E-state index in [2.05, 4.69) is 30.4 Å². The lowest BCUT2D eigenvalue weighted by molar-refractivity contribution is 0.0757. The Morgan fingerprint density at radius 1 is 1.32 bits per heavy atom. The fourth-order valence-corrected chi connectivity index (χ4v) is 4.42. The number of anilines is 1. The first-order valence-electron chi connectivity index (χ1n) is 8.44. The molecule has 0 N–H and O–H groups in total. The molecule has 7 heteroatoms. The van der Waals surface area contributed by atoms with E-state index >= 15 is 0 Å². The van der Waals surface area contributed by atoms with Crippen LogP contribution >= 0.6 is 11.6 Å². The van der Waals surface area contributed by atoms with Gasteiger partial charge in [-0.25, -0.2) is 9.38 Å². The van der Waals surface area contributed by atoms with Gasteiger partial charge in [-0.1, -0.05) is 18.2 Å². The van der Waals surface area contributed by atoms with Gasteiger partial charge in [-0.05, 0) is 20.9 Å². The number of hydrogen-bond donors (Lipinski definition) is 0. The zero-order chi connectivity index (χ0) is 18.0. The number of nitrogens with zero attached hydrogens (tertiary/aromatic N) is 4. The minimum absolute atomic E-state index is 0.0995. The maximum absolute atomic E-state index is 15.0. The number of likely N-dealkylation sites (N-methyl/N-ethyl adjacent to an activating group) is 1. The van der Waals surface area contributed by atoms with Crippen LogP contribution in [-0.2, 0) is 0 Å². The van der Waals surface area contributed by atoms with Crippen LogP contribution in [0.4, 0.5) is 10.1 Å². The smallest absolute Gasteiger partial charge is 0.170 e. The van der Waals surface area contributed by atoms with E-state index in [0.29, 0.717) is 28.6 Å². The van der Waals surface area contributed by atoms with Gasteiger partial charge in [-0.15, -0.1) is 0 Å². The highest BCUT2D eigenvalue weighted by Gasteiger charge is 2.42. The summed E-state index contributed by atoms with van der Waals surface area (Å²) in [7, 11) is 3.94. The average Bonchev–Trinajstić information content (AvgIpc) is 2.70. The average molecular weight is 365 g/mol. The van der Waals surface area contributed by atoms with Crippen LogP contribution in [0.25, 0.3) is 0 Å². The summed E-state index contributed by atoms with van der Waals surface area (Å²) >= 11 is 6.52. The number of rotatable bonds is 0. The Morgan fingerprint density at radius 2 is 2.04 bits per heavy atom. The first-order chi connectivity index (χ1) is 11.8. The van der Waals surface area contributed by atoms with Crippen LogP contribution in [0.15, 0.2) is 17.4 Å². The SMILES string of the molecule is C=C1N=C2c3c(c(F)c(C)c(Cl)c3N1C)OCC1CN(C)CC(C)N21. The zero-order valence-electron chi connectivity index (χ0n) is 14.9. The number of aliphatic imine (C=N–C) groups is 1. The third kappa shape index (κ3) is 2.27. The number of ether oxygens (including phenoxy) is 1. The Labute approximate surface area is 152 Å². The van der Waals surface area contributed by atoms with Crippen LogP contribution in [0.5, 0.6) is 5.75 Å². The van der Waals surface area contributed by atoms with Gasteiger partial charge in [0.1, 0.15) is 18.3 Å². The van der Waals surface area contributed by atoms with Crippen LogP contribution in [-0.4, -0.2) is 61.5 Å². The van der Waals surface area contributed by atoms with Gasteiger partial charge in [-0.2, -0.15) is 0 Å². The van der Waals surface area contributed by atoms with Gasteiger partial charge in [0, 0.05) is 31.7 Å². The van der Waals surface area contributed by atoms with E-state index in [9.17, 15) is 4.39 Å². The van der Waals surface area contributed by atoms with Crippen LogP contribution in [0.3, 0.4) is 0 Å². The van der Waals surface area contributed by atoms with Crippen molar-refractivity contribution >= 4 is 23.1 Å². The lowest BCUT2D eigenvalue weighted by Gasteiger charge is -2.45. The highest BCUT2D eigenvalue weighted by atomic mass is 35.5. The Morgan fingerprint density at radius 3 is 2.76 bits per heavy atom. The first-order valence-corrected chi connectivity index (χ1v) is 8.82. The number of fused-ring (bicyclic) bond motifs is 2. The van der Waals surface area contributed by atoms with Crippen LogP contribution in [0.1, 0.15) is 18.1 Å². The third-order valence-corrected chi connectivity index (χ3v) is 5.80. The van der Waals surface area contributed by atoms with Gasteiger partial charge in [0.15, 0.2) is 11.6 Å². The fraction of sp³-hybridized carbons (Fsp3) is 0.500.